The summed E-state index contributed by atoms with van der Waals surface area (Å²) in [4.78, 5) is 13.3. The van der Waals surface area contributed by atoms with E-state index >= 15 is 0 Å². The molecule has 0 atom stereocenters. The van der Waals surface area contributed by atoms with Crippen molar-refractivity contribution in [2.24, 2.45) is 0 Å². The molecule has 0 fully saturated rings. The number of anilines is 2. The van der Waals surface area contributed by atoms with E-state index in [2.05, 4.69) is 25.7 Å². The number of aromatic carboxylic acids is 1. The molecule has 0 bridgehead atoms. The number of hydrogen-bond donors (Lipinski definition) is 2. The van der Waals surface area contributed by atoms with Crippen LogP contribution in [0.3, 0.4) is 0 Å². The second-order valence-corrected chi connectivity index (χ2v) is 5.04. The molecule has 1 rings (SSSR count). The molecule has 4 heteroatoms. The maximum atomic E-state index is 11.1. The van der Waals surface area contributed by atoms with Gasteiger partial charge in [-0.1, -0.05) is 25.8 Å². The van der Waals surface area contributed by atoms with Crippen molar-refractivity contribution in [1.29, 1.82) is 0 Å². The second kappa shape index (κ2) is 7.02. The summed E-state index contributed by atoms with van der Waals surface area (Å²) in [6.45, 7) is 7.26. The van der Waals surface area contributed by atoms with Crippen LogP contribution in [0.5, 0.6) is 0 Å². The van der Waals surface area contributed by atoms with Gasteiger partial charge in [-0.05, 0) is 32.4 Å². The summed E-state index contributed by atoms with van der Waals surface area (Å²) in [5, 5.41) is 9.13. The Kier molecular flexibility index (Phi) is 5.67. The van der Waals surface area contributed by atoms with Gasteiger partial charge in [-0.15, -0.1) is 0 Å². The molecule has 1 aromatic rings. The van der Waals surface area contributed by atoms with E-state index < -0.39 is 5.97 Å². The molecule has 0 saturated heterocycles. The van der Waals surface area contributed by atoms with Crippen LogP contribution in [0, 0.1) is 0 Å². The van der Waals surface area contributed by atoms with Gasteiger partial charge in [-0.2, -0.15) is 0 Å². The van der Waals surface area contributed by atoms with E-state index in [1.165, 1.54) is 6.42 Å². The summed E-state index contributed by atoms with van der Waals surface area (Å²) >= 11 is 0. The lowest BCUT2D eigenvalue weighted by atomic mass is 10.1. The number of carboxylic acids is 1. The minimum absolute atomic E-state index is 0.179. The predicted molar refractivity (Wildman–Crippen MR) is 79.8 cm³/mol. The zero-order chi connectivity index (χ0) is 14.4. The van der Waals surface area contributed by atoms with E-state index in [0.29, 0.717) is 11.7 Å². The number of carboxylic acid groups (broad SMARTS) is 1. The van der Waals surface area contributed by atoms with Crippen molar-refractivity contribution in [2.75, 3.05) is 17.2 Å². The Hall–Kier alpha value is -1.71. The molecule has 0 saturated carbocycles. The molecule has 0 spiro atoms. The lowest BCUT2D eigenvalue weighted by molar-refractivity contribution is 0.0698. The molecule has 106 valence electrons. The van der Waals surface area contributed by atoms with Gasteiger partial charge in [0.25, 0.3) is 0 Å². The molecule has 1 aromatic carbocycles. The number of rotatable bonds is 7. The van der Waals surface area contributed by atoms with Gasteiger partial charge in [0.05, 0.1) is 16.9 Å². The Morgan fingerprint density at radius 1 is 1.37 bits per heavy atom. The third-order valence-corrected chi connectivity index (χ3v) is 3.25. The van der Waals surface area contributed by atoms with Crippen LogP contribution in [-0.4, -0.2) is 23.7 Å². The maximum absolute atomic E-state index is 11.1. The van der Waals surface area contributed by atoms with Gasteiger partial charge in [-0.25, -0.2) is 4.79 Å². The monoisotopic (exact) mass is 264 g/mol. The Morgan fingerprint density at radius 3 is 2.58 bits per heavy atom. The van der Waals surface area contributed by atoms with Gasteiger partial charge >= 0.3 is 5.97 Å². The summed E-state index contributed by atoms with van der Waals surface area (Å²) in [6.07, 6.45) is 3.42. The summed E-state index contributed by atoms with van der Waals surface area (Å²) in [5.74, 6) is -0.975. The van der Waals surface area contributed by atoms with Crippen LogP contribution < -0.4 is 10.6 Å². The third-order valence-electron chi connectivity index (χ3n) is 3.25. The molecule has 0 heterocycles. The van der Waals surface area contributed by atoms with Gasteiger partial charge in [0, 0.05) is 12.6 Å². The zero-order valence-corrected chi connectivity index (χ0v) is 12.0. The van der Waals surface area contributed by atoms with E-state index in [-0.39, 0.29) is 5.56 Å². The number of hydrogen-bond acceptors (Lipinski definition) is 3. The molecule has 0 unspecified atom stereocenters. The van der Waals surface area contributed by atoms with E-state index in [0.717, 1.165) is 25.1 Å². The van der Waals surface area contributed by atoms with Crippen LogP contribution in [-0.2, 0) is 0 Å². The third kappa shape index (κ3) is 3.88. The summed E-state index contributed by atoms with van der Waals surface area (Å²) in [6, 6.07) is 5.49. The van der Waals surface area contributed by atoms with Crippen LogP contribution in [0.15, 0.2) is 18.2 Å². The Balaban J connectivity index is 3.02. The van der Waals surface area contributed by atoms with Crippen molar-refractivity contribution in [2.45, 2.75) is 46.1 Å². The van der Waals surface area contributed by atoms with Crippen LogP contribution in [0.25, 0.3) is 0 Å². The van der Waals surface area contributed by atoms with Crippen molar-refractivity contribution >= 4 is 17.3 Å². The molecule has 19 heavy (non-hydrogen) atoms. The maximum Gasteiger partial charge on any atom is 0.337 e. The largest absolute Gasteiger partial charge is 0.478 e. The molecule has 3 N–H and O–H groups in total. The first kappa shape index (κ1) is 15.3. The summed E-state index contributed by atoms with van der Waals surface area (Å²) in [5.41, 5.74) is 7.37. The second-order valence-electron chi connectivity index (χ2n) is 5.04. The number of benzene rings is 1. The number of carbonyl (C=O) groups is 1. The molecule has 4 nitrogen and oxygen atoms in total. The van der Waals surface area contributed by atoms with Gasteiger partial charge in [0.15, 0.2) is 0 Å². The predicted octanol–water partition coefficient (Wildman–Crippen LogP) is 3.37. The van der Waals surface area contributed by atoms with E-state index in [9.17, 15) is 4.79 Å². The smallest absolute Gasteiger partial charge is 0.337 e. The number of para-hydroxylation sites is 1. The Bertz CT molecular complexity index is 430. The fourth-order valence-electron chi connectivity index (χ4n) is 2.18. The molecule has 0 aliphatic rings. The normalized spacial score (nSPS) is 10.7. The van der Waals surface area contributed by atoms with Crippen molar-refractivity contribution in [3.8, 4) is 0 Å². The highest BCUT2D eigenvalue weighted by Gasteiger charge is 2.17. The first-order valence-corrected chi connectivity index (χ1v) is 6.87. The lowest BCUT2D eigenvalue weighted by Gasteiger charge is -2.30. The average Bonchev–Trinajstić information content (AvgIpc) is 2.35. The van der Waals surface area contributed by atoms with Crippen LogP contribution in [0.4, 0.5) is 11.4 Å². The quantitative estimate of drug-likeness (QED) is 0.585. The van der Waals surface area contributed by atoms with Crippen LogP contribution in [0.2, 0.25) is 0 Å². The molecule has 0 aromatic heterocycles. The van der Waals surface area contributed by atoms with Gasteiger partial charge in [0.2, 0.25) is 0 Å². The topological polar surface area (TPSA) is 66.6 Å². The first-order valence-electron chi connectivity index (χ1n) is 6.87. The molecular formula is C15H24N2O2. The highest BCUT2D eigenvalue weighted by molar-refractivity contribution is 5.97. The molecular weight excluding hydrogens is 240 g/mol. The average molecular weight is 264 g/mol. The molecule has 0 aliphatic heterocycles. The fraction of sp³-hybridized carbons (Fsp3) is 0.533. The Labute approximate surface area is 115 Å². The lowest BCUT2D eigenvalue weighted by Crippen LogP contribution is -2.32. The van der Waals surface area contributed by atoms with Crippen molar-refractivity contribution in [3.05, 3.63) is 23.8 Å². The van der Waals surface area contributed by atoms with Crippen molar-refractivity contribution < 1.29 is 9.90 Å². The number of nitrogens with zero attached hydrogens (tertiary/aromatic N) is 1. The minimum Gasteiger partial charge on any atom is -0.478 e. The van der Waals surface area contributed by atoms with Crippen LogP contribution >= 0.6 is 0 Å². The van der Waals surface area contributed by atoms with Crippen molar-refractivity contribution in [1.82, 2.24) is 0 Å². The highest BCUT2D eigenvalue weighted by Crippen LogP contribution is 2.28. The SMILES string of the molecule is CCCCCN(c1cccc(C(=O)O)c1N)C(C)C. The number of unbranched alkanes of at least 4 members (excludes halogenated alkanes) is 2. The highest BCUT2D eigenvalue weighted by atomic mass is 16.4. The first-order chi connectivity index (χ1) is 8.99. The summed E-state index contributed by atoms with van der Waals surface area (Å²) < 4.78 is 0. The van der Waals surface area contributed by atoms with E-state index in [1.54, 1.807) is 12.1 Å². The van der Waals surface area contributed by atoms with E-state index in [4.69, 9.17) is 10.8 Å². The van der Waals surface area contributed by atoms with Gasteiger partial charge < -0.3 is 15.7 Å². The Morgan fingerprint density at radius 2 is 2.05 bits per heavy atom. The zero-order valence-electron chi connectivity index (χ0n) is 12.0. The number of nitrogens with two attached hydrogens (primary N) is 1. The number of nitrogen functional groups attached to an aromatic ring is 1. The van der Waals surface area contributed by atoms with E-state index in [1.807, 2.05) is 6.07 Å². The van der Waals surface area contributed by atoms with Crippen LogP contribution in [0.1, 0.15) is 50.4 Å². The molecule has 0 radical (unpaired) electrons. The minimum atomic E-state index is -0.975. The molecule has 0 amide bonds. The fourth-order valence-corrected chi connectivity index (χ4v) is 2.18. The standard InChI is InChI=1S/C15H24N2O2/c1-4-5-6-10-17(11(2)3)13-9-7-8-12(14(13)16)15(18)19/h7-9,11H,4-6,10,16H2,1-3H3,(H,18,19). The summed E-state index contributed by atoms with van der Waals surface area (Å²) in [7, 11) is 0. The van der Waals surface area contributed by atoms with Gasteiger partial charge in [0.1, 0.15) is 0 Å². The van der Waals surface area contributed by atoms with Gasteiger partial charge in [-0.3, -0.25) is 0 Å². The molecule has 0 aliphatic carbocycles. The van der Waals surface area contributed by atoms with Crippen molar-refractivity contribution in [3.63, 3.8) is 0 Å².